The van der Waals surface area contributed by atoms with Gasteiger partial charge < -0.3 is 20.5 Å². The second-order valence-corrected chi connectivity index (χ2v) is 6.64. The molecule has 1 aromatic heterocycles. The van der Waals surface area contributed by atoms with Crippen molar-refractivity contribution in [2.45, 2.75) is 26.4 Å². The molecule has 7 nitrogen and oxygen atoms in total. The zero-order chi connectivity index (χ0) is 20.4. The van der Waals surface area contributed by atoms with Gasteiger partial charge in [0.25, 0.3) is 0 Å². The molecule has 1 unspecified atom stereocenters. The number of nitrogens with zero attached hydrogens (tertiary/aromatic N) is 2. The molecule has 0 radical (unpaired) electrons. The number of methoxy groups -OCH3 is 2. The van der Waals surface area contributed by atoms with Crippen LogP contribution in [-0.4, -0.2) is 25.1 Å². The van der Waals surface area contributed by atoms with Crippen LogP contribution < -0.4 is 15.8 Å². The molecule has 28 heavy (non-hydrogen) atoms. The van der Waals surface area contributed by atoms with E-state index in [9.17, 15) is 10.1 Å². The van der Waals surface area contributed by atoms with Gasteiger partial charge in [-0.3, -0.25) is 9.78 Å². The molecule has 1 aromatic carbocycles. The standard InChI is InChI=1S/C21H22N4O3/c1-11-9-24-15(10-27-3)19-18(17(21(23)26)12(2)25-20(11)19)14-6-5-13(8-22)7-16(14)28-4/h5-7,9,18,25H,10H2,1-4H3,(H2,23,26). The first-order valence-corrected chi connectivity index (χ1v) is 8.75. The average Bonchev–Trinajstić information content (AvgIpc) is 2.68. The van der Waals surface area contributed by atoms with Crippen LogP contribution in [0.25, 0.3) is 0 Å². The van der Waals surface area contributed by atoms with Crippen molar-refractivity contribution >= 4 is 11.6 Å². The summed E-state index contributed by atoms with van der Waals surface area (Å²) in [4.78, 5) is 16.9. The number of anilines is 1. The van der Waals surface area contributed by atoms with Crippen LogP contribution in [0.2, 0.25) is 0 Å². The first-order chi connectivity index (χ1) is 13.4. The van der Waals surface area contributed by atoms with Crippen LogP contribution in [0.1, 0.15) is 40.8 Å². The van der Waals surface area contributed by atoms with Gasteiger partial charge in [-0.2, -0.15) is 5.26 Å². The molecule has 0 fully saturated rings. The Morgan fingerprint density at radius 2 is 2.11 bits per heavy atom. The number of nitrogens with two attached hydrogens (primary N) is 1. The molecule has 2 heterocycles. The number of primary amides is 1. The Hall–Kier alpha value is -3.37. The molecule has 0 spiro atoms. The van der Waals surface area contributed by atoms with Crippen LogP contribution in [0.15, 0.2) is 35.7 Å². The highest BCUT2D eigenvalue weighted by atomic mass is 16.5. The molecule has 3 N–H and O–H groups in total. The second kappa shape index (κ2) is 7.71. The summed E-state index contributed by atoms with van der Waals surface area (Å²) in [6.07, 6.45) is 1.77. The zero-order valence-electron chi connectivity index (χ0n) is 16.3. The minimum absolute atomic E-state index is 0.282. The molecule has 0 saturated heterocycles. The highest BCUT2D eigenvalue weighted by Gasteiger charge is 2.36. The Balaban J connectivity index is 2.37. The molecular weight excluding hydrogens is 356 g/mol. The monoisotopic (exact) mass is 378 g/mol. The third kappa shape index (κ3) is 3.19. The second-order valence-electron chi connectivity index (χ2n) is 6.64. The normalized spacial score (nSPS) is 15.5. The number of nitriles is 1. The van der Waals surface area contributed by atoms with Crippen LogP contribution in [0, 0.1) is 18.3 Å². The molecule has 1 aliphatic heterocycles. The Kier molecular flexibility index (Phi) is 5.34. The Labute approximate surface area is 163 Å². The van der Waals surface area contributed by atoms with Crippen molar-refractivity contribution in [3.05, 3.63) is 63.6 Å². The molecule has 2 aromatic rings. The van der Waals surface area contributed by atoms with Crippen molar-refractivity contribution in [3.8, 4) is 11.8 Å². The first-order valence-electron chi connectivity index (χ1n) is 8.75. The largest absolute Gasteiger partial charge is 0.496 e. The van der Waals surface area contributed by atoms with E-state index in [0.717, 1.165) is 22.4 Å². The number of allylic oxidation sites excluding steroid dienone is 1. The molecule has 0 saturated carbocycles. The number of carbonyl (C=O) groups excluding carboxylic acids is 1. The third-order valence-electron chi connectivity index (χ3n) is 4.90. The van der Waals surface area contributed by atoms with E-state index < -0.39 is 11.8 Å². The fraction of sp³-hybridized carbons (Fsp3) is 0.286. The number of carbonyl (C=O) groups is 1. The van der Waals surface area contributed by atoms with Gasteiger partial charge in [0, 0.05) is 47.3 Å². The first kappa shape index (κ1) is 19.4. The van der Waals surface area contributed by atoms with Crippen molar-refractivity contribution < 1.29 is 14.3 Å². The number of pyridine rings is 1. The molecule has 0 bridgehead atoms. The molecule has 3 rings (SSSR count). The predicted octanol–water partition coefficient (Wildman–Crippen LogP) is 2.73. The lowest BCUT2D eigenvalue weighted by Gasteiger charge is -2.32. The average molecular weight is 378 g/mol. The van der Waals surface area contributed by atoms with E-state index in [4.69, 9.17) is 15.2 Å². The minimum Gasteiger partial charge on any atom is -0.496 e. The lowest BCUT2D eigenvalue weighted by molar-refractivity contribution is -0.114. The summed E-state index contributed by atoms with van der Waals surface area (Å²) in [6, 6.07) is 7.26. The third-order valence-corrected chi connectivity index (χ3v) is 4.90. The van der Waals surface area contributed by atoms with Crippen LogP contribution in [0.5, 0.6) is 5.75 Å². The maximum atomic E-state index is 12.4. The Bertz CT molecular complexity index is 1020. The zero-order valence-corrected chi connectivity index (χ0v) is 16.3. The summed E-state index contributed by atoms with van der Waals surface area (Å²) >= 11 is 0. The number of amides is 1. The summed E-state index contributed by atoms with van der Waals surface area (Å²) in [5.74, 6) is -0.515. The lowest BCUT2D eigenvalue weighted by Crippen LogP contribution is -2.29. The lowest BCUT2D eigenvalue weighted by atomic mass is 9.78. The van der Waals surface area contributed by atoms with Gasteiger partial charge in [-0.15, -0.1) is 0 Å². The van der Waals surface area contributed by atoms with Gasteiger partial charge in [-0.05, 0) is 31.5 Å². The SMILES string of the molecule is COCc1ncc(C)c2c1C(c1ccc(C#N)cc1OC)C(C(N)=O)=C(C)N2. The molecule has 1 aliphatic rings. The number of aryl methyl sites for hydroxylation is 1. The van der Waals surface area contributed by atoms with E-state index in [1.54, 1.807) is 31.5 Å². The quantitative estimate of drug-likeness (QED) is 0.828. The van der Waals surface area contributed by atoms with Crippen molar-refractivity contribution in [1.29, 1.82) is 5.26 Å². The molecule has 1 amide bonds. The van der Waals surface area contributed by atoms with E-state index in [0.29, 0.717) is 28.3 Å². The van der Waals surface area contributed by atoms with Crippen LogP contribution in [-0.2, 0) is 16.1 Å². The summed E-state index contributed by atoms with van der Waals surface area (Å²) in [5, 5.41) is 12.5. The smallest absolute Gasteiger partial charge is 0.247 e. The number of aromatic nitrogens is 1. The number of ether oxygens (including phenoxy) is 2. The van der Waals surface area contributed by atoms with Crippen LogP contribution in [0.3, 0.4) is 0 Å². The van der Waals surface area contributed by atoms with Gasteiger partial charge in [0.2, 0.25) is 5.91 Å². The Morgan fingerprint density at radius 3 is 2.71 bits per heavy atom. The molecular formula is C21H22N4O3. The Morgan fingerprint density at radius 1 is 1.36 bits per heavy atom. The van der Waals surface area contributed by atoms with Crippen molar-refractivity contribution in [2.24, 2.45) is 5.73 Å². The van der Waals surface area contributed by atoms with Crippen molar-refractivity contribution in [2.75, 3.05) is 19.5 Å². The van der Waals surface area contributed by atoms with E-state index in [1.807, 2.05) is 13.8 Å². The van der Waals surface area contributed by atoms with E-state index in [2.05, 4.69) is 16.4 Å². The van der Waals surface area contributed by atoms with Crippen LogP contribution >= 0.6 is 0 Å². The van der Waals surface area contributed by atoms with Crippen LogP contribution in [0.4, 0.5) is 5.69 Å². The maximum Gasteiger partial charge on any atom is 0.247 e. The van der Waals surface area contributed by atoms with Gasteiger partial charge in [0.05, 0.1) is 31.0 Å². The van der Waals surface area contributed by atoms with Crippen molar-refractivity contribution in [1.82, 2.24) is 4.98 Å². The number of fused-ring (bicyclic) bond motifs is 1. The van der Waals surface area contributed by atoms with Gasteiger partial charge in [0.15, 0.2) is 0 Å². The van der Waals surface area contributed by atoms with E-state index >= 15 is 0 Å². The summed E-state index contributed by atoms with van der Waals surface area (Å²) in [6.45, 7) is 4.05. The van der Waals surface area contributed by atoms with Gasteiger partial charge >= 0.3 is 0 Å². The molecule has 144 valence electrons. The highest BCUT2D eigenvalue weighted by molar-refractivity contribution is 5.98. The highest BCUT2D eigenvalue weighted by Crippen LogP contribution is 2.46. The number of hydrogen-bond donors (Lipinski definition) is 2. The maximum absolute atomic E-state index is 12.4. The molecule has 0 aliphatic carbocycles. The number of rotatable bonds is 5. The number of nitrogens with one attached hydrogen (secondary N) is 1. The summed E-state index contributed by atoms with van der Waals surface area (Å²) in [5.41, 5.74) is 11.4. The minimum atomic E-state index is -0.531. The molecule has 1 atom stereocenters. The summed E-state index contributed by atoms with van der Waals surface area (Å²) in [7, 11) is 3.13. The van der Waals surface area contributed by atoms with E-state index in [-0.39, 0.29) is 6.61 Å². The number of benzene rings is 1. The molecule has 7 heteroatoms. The van der Waals surface area contributed by atoms with Crippen molar-refractivity contribution in [3.63, 3.8) is 0 Å². The number of hydrogen-bond acceptors (Lipinski definition) is 6. The fourth-order valence-electron chi connectivity index (χ4n) is 3.67. The van der Waals surface area contributed by atoms with Gasteiger partial charge in [-0.1, -0.05) is 6.07 Å². The van der Waals surface area contributed by atoms with E-state index in [1.165, 1.54) is 7.11 Å². The summed E-state index contributed by atoms with van der Waals surface area (Å²) < 4.78 is 10.9. The van der Waals surface area contributed by atoms with Gasteiger partial charge in [0.1, 0.15) is 5.75 Å². The fourth-order valence-corrected chi connectivity index (χ4v) is 3.67. The predicted molar refractivity (Wildman–Crippen MR) is 105 cm³/mol. The van der Waals surface area contributed by atoms with Gasteiger partial charge in [-0.25, -0.2) is 0 Å². The topological polar surface area (TPSA) is 110 Å².